The molecule has 0 aromatic rings. The zero-order valence-electron chi connectivity index (χ0n) is 46.9. The Morgan fingerprint density at radius 1 is 0.368 bits per heavy atom. The number of hydrogen-bond acceptors (Lipinski definition) is 10. The number of phosphoric acid groups is 1. The molecule has 0 aliphatic carbocycles. The summed E-state index contributed by atoms with van der Waals surface area (Å²) in [6.45, 7) is 4.12. The maximum absolute atomic E-state index is 12.9. The van der Waals surface area contributed by atoms with Crippen LogP contribution >= 0.6 is 7.82 Å². The molecule has 0 radical (unpaired) electrons. The van der Waals surface area contributed by atoms with Crippen molar-refractivity contribution in [1.82, 2.24) is 0 Å². The van der Waals surface area contributed by atoms with Crippen LogP contribution in [0.15, 0.2) is 158 Å². The lowest BCUT2D eigenvalue weighted by Crippen LogP contribution is -2.30. The lowest BCUT2D eigenvalue weighted by molar-refractivity contribution is -0.161. The van der Waals surface area contributed by atoms with Crippen molar-refractivity contribution in [3.8, 4) is 0 Å². The van der Waals surface area contributed by atoms with Crippen molar-refractivity contribution in [3.63, 3.8) is 0 Å². The Labute approximate surface area is 460 Å². The predicted octanol–water partition coefficient (Wildman–Crippen LogP) is 16.9. The van der Waals surface area contributed by atoms with Crippen molar-refractivity contribution in [2.75, 3.05) is 26.4 Å². The van der Waals surface area contributed by atoms with Crippen LogP contribution in [0, 0.1) is 0 Å². The molecule has 3 unspecified atom stereocenters. The molecule has 2 N–H and O–H groups in total. The second-order valence-electron chi connectivity index (χ2n) is 18.0. The summed E-state index contributed by atoms with van der Waals surface area (Å²) in [6.07, 6.45) is 73.6. The van der Waals surface area contributed by atoms with Gasteiger partial charge < -0.3 is 24.2 Å². The first-order chi connectivity index (χ1) is 37.2. The van der Waals surface area contributed by atoms with Gasteiger partial charge in [0.2, 0.25) is 0 Å². The number of unbranched alkanes of at least 4 members (excludes halogenated alkanes) is 7. The quantitative estimate of drug-likeness (QED) is 0.0197. The average molecular weight is 1080 g/mol. The molecule has 0 aromatic heterocycles. The Bertz CT molecular complexity index is 1880. The Morgan fingerprint density at radius 3 is 1.07 bits per heavy atom. The van der Waals surface area contributed by atoms with E-state index in [2.05, 4.69) is 167 Å². The molecule has 3 atom stereocenters. The molecule has 76 heavy (non-hydrogen) atoms. The number of ether oxygens (including phenoxy) is 3. The lowest BCUT2D eigenvalue weighted by Gasteiger charge is -2.21. The standard InChI is InChI=1S/C64H99O11P/c1-4-7-10-13-16-19-22-25-27-29-30-32-34-37-40-43-46-49-52-55-64(68)75-61(57-71-62(66)53-50-47-44-41-38-35-24-21-18-15-12-9-6-3)59-73-76(69,70)72-58-60(56-65)74-63(67)54-51-48-45-42-39-36-33-31-28-26-23-20-17-14-11-8-5-2/h7-12,16-21,25-28,30,32-33,35-38,40,46,49,60-61,65H,4-6,13-15,22-24,29,31,34,39,41-45,47-48,50-59H2,1-3H3,(H,69,70)/b10-7-,11-8-,12-9-,19-16-,20-17-,21-18-,27-25-,28-26-,32-30-,36-33-,38-35-,40-37-,49-46-. The summed E-state index contributed by atoms with van der Waals surface area (Å²) in [6, 6.07) is 0. The third-order valence-corrected chi connectivity index (χ3v) is 11.9. The minimum atomic E-state index is -4.79. The fourth-order valence-electron chi connectivity index (χ4n) is 6.74. The first-order valence-corrected chi connectivity index (χ1v) is 29.9. The van der Waals surface area contributed by atoms with E-state index in [0.29, 0.717) is 25.7 Å². The molecule has 0 aromatic carbocycles. The van der Waals surface area contributed by atoms with Gasteiger partial charge in [-0.15, -0.1) is 0 Å². The maximum Gasteiger partial charge on any atom is 0.472 e. The van der Waals surface area contributed by atoms with Gasteiger partial charge in [0.05, 0.1) is 19.8 Å². The molecule has 0 heterocycles. The zero-order chi connectivity index (χ0) is 55.5. The van der Waals surface area contributed by atoms with E-state index in [4.69, 9.17) is 23.3 Å². The number of esters is 3. The van der Waals surface area contributed by atoms with E-state index < -0.39 is 64.4 Å². The van der Waals surface area contributed by atoms with Crippen molar-refractivity contribution < 1.29 is 52.2 Å². The second kappa shape index (κ2) is 56.3. The number of aliphatic hydroxyl groups excluding tert-OH is 1. The first kappa shape index (κ1) is 71.1. The van der Waals surface area contributed by atoms with Crippen LogP contribution in [0.4, 0.5) is 0 Å². The highest BCUT2D eigenvalue weighted by Crippen LogP contribution is 2.43. The van der Waals surface area contributed by atoms with Crippen LogP contribution in [-0.4, -0.2) is 66.5 Å². The number of aliphatic hydroxyl groups is 1. The molecule has 0 saturated heterocycles. The molecule has 12 heteroatoms. The first-order valence-electron chi connectivity index (χ1n) is 28.4. The minimum absolute atomic E-state index is 0.0243. The normalized spacial score (nSPS) is 14.5. The van der Waals surface area contributed by atoms with Crippen LogP contribution < -0.4 is 0 Å². The third-order valence-electron chi connectivity index (χ3n) is 10.9. The summed E-state index contributed by atoms with van der Waals surface area (Å²) in [5, 5.41) is 9.81. The van der Waals surface area contributed by atoms with Crippen LogP contribution in [0.3, 0.4) is 0 Å². The number of carbonyl (C=O) groups is 3. The minimum Gasteiger partial charge on any atom is -0.462 e. The predicted molar refractivity (Wildman–Crippen MR) is 315 cm³/mol. The van der Waals surface area contributed by atoms with E-state index in [-0.39, 0.29) is 19.3 Å². The Balaban J connectivity index is 4.90. The summed E-state index contributed by atoms with van der Waals surface area (Å²) >= 11 is 0. The fourth-order valence-corrected chi connectivity index (χ4v) is 7.52. The summed E-state index contributed by atoms with van der Waals surface area (Å²) in [4.78, 5) is 48.5. The van der Waals surface area contributed by atoms with Crippen LogP contribution in [0.1, 0.15) is 188 Å². The molecule has 11 nitrogen and oxygen atoms in total. The van der Waals surface area contributed by atoms with Crippen molar-refractivity contribution in [3.05, 3.63) is 158 Å². The smallest absolute Gasteiger partial charge is 0.462 e. The number of allylic oxidation sites excluding steroid dienone is 26. The Morgan fingerprint density at radius 2 is 0.671 bits per heavy atom. The number of phosphoric ester groups is 1. The number of rotatable bonds is 50. The fraction of sp³-hybridized carbons (Fsp3) is 0.547. The van der Waals surface area contributed by atoms with Gasteiger partial charge in [-0.3, -0.25) is 23.4 Å². The molecule has 0 spiro atoms. The highest BCUT2D eigenvalue weighted by molar-refractivity contribution is 7.47. The van der Waals surface area contributed by atoms with Gasteiger partial charge in [-0.1, -0.05) is 198 Å². The van der Waals surface area contributed by atoms with Crippen LogP contribution in [0.5, 0.6) is 0 Å². The van der Waals surface area contributed by atoms with E-state index in [1.807, 2.05) is 12.2 Å². The molecular weight excluding hydrogens is 976 g/mol. The van der Waals surface area contributed by atoms with Crippen molar-refractivity contribution >= 4 is 25.7 Å². The molecular formula is C64H99O11P. The second-order valence-corrected chi connectivity index (χ2v) is 19.4. The largest absolute Gasteiger partial charge is 0.472 e. The SMILES string of the molecule is CC/C=C\C/C=C\C/C=C\C/C=C\C/C=C\C/C=C\CCC(=O)OC(COC(=O)CCCCC/C=C\C/C=C\C/C=C\CC)COP(=O)(O)OCC(CO)OC(=O)CCCCCC/C=C\C/C=C\C/C=C\C/C=C\CC. The van der Waals surface area contributed by atoms with Crippen molar-refractivity contribution in [2.45, 2.75) is 200 Å². The van der Waals surface area contributed by atoms with Crippen LogP contribution in [0.2, 0.25) is 0 Å². The van der Waals surface area contributed by atoms with Crippen molar-refractivity contribution in [2.24, 2.45) is 0 Å². The molecule has 0 amide bonds. The summed E-state index contributed by atoms with van der Waals surface area (Å²) < 4.78 is 39.4. The van der Waals surface area contributed by atoms with Crippen LogP contribution in [0.25, 0.3) is 0 Å². The highest BCUT2D eigenvalue weighted by Gasteiger charge is 2.28. The van der Waals surface area contributed by atoms with Gasteiger partial charge in [0.15, 0.2) is 6.10 Å². The van der Waals surface area contributed by atoms with E-state index in [1.165, 1.54) is 0 Å². The molecule has 0 aliphatic rings. The summed E-state index contributed by atoms with van der Waals surface area (Å²) in [5.74, 6) is -1.65. The average Bonchev–Trinajstić information content (AvgIpc) is 3.41. The summed E-state index contributed by atoms with van der Waals surface area (Å²) in [7, 11) is -4.79. The van der Waals surface area contributed by atoms with Gasteiger partial charge in [-0.25, -0.2) is 4.57 Å². The molecule has 0 saturated carbocycles. The monoisotopic (exact) mass is 1070 g/mol. The van der Waals surface area contributed by atoms with Crippen LogP contribution in [-0.2, 0) is 42.2 Å². The van der Waals surface area contributed by atoms with E-state index >= 15 is 0 Å². The lowest BCUT2D eigenvalue weighted by atomic mass is 10.1. The van der Waals surface area contributed by atoms with E-state index in [9.17, 15) is 28.9 Å². The number of hydrogen-bond donors (Lipinski definition) is 2. The maximum atomic E-state index is 12.9. The highest BCUT2D eigenvalue weighted by atomic mass is 31.2. The van der Waals surface area contributed by atoms with Crippen molar-refractivity contribution in [1.29, 1.82) is 0 Å². The Hall–Kier alpha value is -4.90. The number of carbonyl (C=O) groups excluding carboxylic acids is 3. The van der Waals surface area contributed by atoms with E-state index in [0.717, 1.165) is 122 Å². The van der Waals surface area contributed by atoms with Gasteiger partial charge in [-0.2, -0.15) is 0 Å². The molecule has 426 valence electrons. The molecule has 0 bridgehead atoms. The molecule has 0 fully saturated rings. The van der Waals surface area contributed by atoms with Gasteiger partial charge in [0.1, 0.15) is 12.7 Å². The topological polar surface area (TPSA) is 155 Å². The van der Waals surface area contributed by atoms with Gasteiger partial charge in [0, 0.05) is 19.3 Å². The zero-order valence-corrected chi connectivity index (χ0v) is 47.8. The Kier molecular flexibility index (Phi) is 52.7. The third kappa shape index (κ3) is 53.9. The molecule has 0 rings (SSSR count). The van der Waals surface area contributed by atoms with Gasteiger partial charge in [0.25, 0.3) is 0 Å². The van der Waals surface area contributed by atoms with Gasteiger partial charge >= 0.3 is 25.7 Å². The molecule has 0 aliphatic heterocycles. The van der Waals surface area contributed by atoms with E-state index in [1.54, 1.807) is 0 Å². The summed E-state index contributed by atoms with van der Waals surface area (Å²) in [5.41, 5.74) is 0. The van der Waals surface area contributed by atoms with Gasteiger partial charge in [-0.05, 0) is 128 Å².